The van der Waals surface area contributed by atoms with Crippen molar-refractivity contribution >= 4 is 22.8 Å². The number of nitrogens with one attached hydrogen (secondary N) is 2. The average Bonchev–Trinajstić information content (AvgIpc) is 3.21. The average molecular weight is 313 g/mol. The summed E-state index contributed by atoms with van der Waals surface area (Å²) in [5.74, 6) is -0.437. The van der Waals surface area contributed by atoms with Crippen molar-refractivity contribution in [2.75, 3.05) is 0 Å². The van der Waals surface area contributed by atoms with E-state index in [0.29, 0.717) is 11.1 Å². The first kappa shape index (κ1) is 14.8. The van der Waals surface area contributed by atoms with Crippen LogP contribution in [-0.2, 0) is 16.1 Å². The van der Waals surface area contributed by atoms with Gasteiger partial charge in [0, 0.05) is 5.39 Å². The van der Waals surface area contributed by atoms with E-state index in [9.17, 15) is 9.59 Å². The van der Waals surface area contributed by atoms with E-state index in [1.54, 1.807) is 30.3 Å². The maximum absolute atomic E-state index is 12.2. The summed E-state index contributed by atoms with van der Waals surface area (Å²) < 4.78 is 10.3. The quantitative estimate of drug-likeness (QED) is 0.702. The minimum Gasteiger partial charge on any atom is -0.467 e. The van der Waals surface area contributed by atoms with Crippen LogP contribution in [0.3, 0.4) is 0 Å². The number of carbonyl (C=O) groups is 2. The number of furan rings is 1. The number of nitrogens with zero attached hydrogens (tertiary/aromatic N) is 1. The minimum atomic E-state index is -0.937. The fourth-order valence-electron chi connectivity index (χ4n) is 2.12. The molecule has 118 valence electrons. The van der Waals surface area contributed by atoms with Gasteiger partial charge in [0.2, 0.25) is 0 Å². The van der Waals surface area contributed by atoms with Crippen molar-refractivity contribution in [1.29, 1.82) is 0 Å². The number of fused-ring (bicyclic) bond motifs is 1. The Morgan fingerprint density at radius 2 is 2.13 bits per heavy atom. The fourth-order valence-corrected chi connectivity index (χ4v) is 2.12. The second-order valence-corrected chi connectivity index (χ2v) is 4.96. The summed E-state index contributed by atoms with van der Waals surface area (Å²) in [6, 6.07) is 10.7. The zero-order valence-corrected chi connectivity index (χ0v) is 12.4. The van der Waals surface area contributed by atoms with Crippen LogP contribution in [0.5, 0.6) is 0 Å². The van der Waals surface area contributed by atoms with E-state index in [4.69, 9.17) is 9.15 Å². The fraction of sp³-hybridized carbons (Fsp3) is 0.188. The minimum absolute atomic E-state index is 0.159. The van der Waals surface area contributed by atoms with E-state index in [1.165, 1.54) is 13.2 Å². The number of carbonyl (C=O) groups excluding carboxylic acids is 2. The van der Waals surface area contributed by atoms with Crippen molar-refractivity contribution in [2.24, 2.45) is 0 Å². The largest absolute Gasteiger partial charge is 0.467 e. The van der Waals surface area contributed by atoms with Gasteiger partial charge in [-0.05, 0) is 25.1 Å². The van der Waals surface area contributed by atoms with Gasteiger partial charge >= 0.3 is 5.97 Å². The first-order valence-corrected chi connectivity index (χ1v) is 7.09. The van der Waals surface area contributed by atoms with Gasteiger partial charge in [0.25, 0.3) is 5.91 Å². The van der Waals surface area contributed by atoms with Crippen molar-refractivity contribution < 1.29 is 18.7 Å². The van der Waals surface area contributed by atoms with Crippen LogP contribution in [0.2, 0.25) is 0 Å². The molecule has 23 heavy (non-hydrogen) atoms. The Balaban J connectivity index is 1.61. The van der Waals surface area contributed by atoms with Crippen LogP contribution in [0.25, 0.3) is 10.9 Å². The molecule has 0 bridgehead atoms. The number of H-pyrrole nitrogens is 1. The van der Waals surface area contributed by atoms with Gasteiger partial charge < -0.3 is 14.5 Å². The number of aromatic amines is 1. The highest BCUT2D eigenvalue weighted by atomic mass is 16.5. The summed E-state index contributed by atoms with van der Waals surface area (Å²) in [5, 5.41) is 9.99. The van der Waals surface area contributed by atoms with Crippen molar-refractivity contribution in [3.05, 3.63) is 54.1 Å². The summed E-state index contributed by atoms with van der Waals surface area (Å²) in [5.41, 5.74) is 0.889. The van der Waals surface area contributed by atoms with Gasteiger partial charge in [0.15, 0.2) is 11.8 Å². The smallest absolute Gasteiger partial charge is 0.360 e. The third kappa shape index (κ3) is 3.23. The molecule has 0 saturated carbocycles. The first-order valence-electron chi connectivity index (χ1n) is 7.09. The molecular weight excluding hydrogens is 298 g/mol. The number of hydrogen-bond donors (Lipinski definition) is 2. The number of rotatable bonds is 5. The first-order chi connectivity index (χ1) is 11.1. The standard InChI is InChI=1S/C16H15N3O4/c1-10(15(20)17-9-11-5-4-8-22-11)23-16(21)14-12-6-2-3-7-13(12)18-19-14/h2-8,10H,9H2,1H3,(H,17,20)(H,18,19)/t10-/m0/s1. The highest BCUT2D eigenvalue weighted by Gasteiger charge is 2.22. The summed E-state index contributed by atoms with van der Waals surface area (Å²) in [6.45, 7) is 1.74. The number of hydrogen-bond acceptors (Lipinski definition) is 5. The lowest BCUT2D eigenvalue weighted by molar-refractivity contribution is -0.129. The Morgan fingerprint density at radius 1 is 1.30 bits per heavy atom. The maximum atomic E-state index is 12.2. The molecule has 0 unspecified atom stereocenters. The van der Waals surface area contributed by atoms with Gasteiger partial charge in [-0.3, -0.25) is 9.89 Å². The molecule has 0 fully saturated rings. The number of aromatic nitrogens is 2. The van der Waals surface area contributed by atoms with Crippen molar-refractivity contribution in [3.8, 4) is 0 Å². The zero-order valence-electron chi connectivity index (χ0n) is 12.4. The van der Waals surface area contributed by atoms with Crippen LogP contribution in [0, 0.1) is 0 Å². The van der Waals surface area contributed by atoms with Gasteiger partial charge in [-0.1, -0.05) is 18.2 Å². The van der Waals surface area contributed by atoms with Crippen LogP contribution in [0.4, 0.5) is 0 Å². The molecule has 0 radical (unpaired) electrons. The Kier molecular flexibility index (Phi) is 4.09. The number of para-hydroxylation sites is 1. The monoisotopic (exact) mass is 313 g/mol. The molecule has 3 rings (SSSR count). The maximum Gasteiger partial charge on any atom is 0.360 e. The SMILES string of the molecule is C[C@H](OC(=O)c1n[nH]c2ccccc12)C(=O)NCc1ccco1. The number of amides is 1. The lowest BCUT2D eigenvalue weighted by Gasteiger charge is -2.12. The normalized spacial score (nSPS) is 12.0. The van der Waals surface area contributed by atoms with Crippen LogP contribution < -0.4 is 5.32 Å². The zero-order chi connectivity index (χ0) is 16.2. The van der Waals surface area contributed by atoms with Gasteiger partial charge in [0.1, 0.15) is 5.76 Å². The summed E-state index contributed by atoms with van der Waals surface area (Å²) in [7, 11) is 0. The lowest BCUT2D eigenvalue weighted by atomic mass is 10.2. The highest BCUT2D eigenvalue weighted by molar-refractivity contribution is 6.02. The molecule has 0 aliphatic carbocycles. The second kappa shape index (κ2) is 6.35. The molecule has 0 saturated heterocycles. The molecule has 2 aromatic heterocycles. The molecular formula is C16H15N3O4. The van der Waals surface area contributed by atoms with Crippen molar-refractivity contribution in [2.45, 2.75) is 19.6 Å². The Labute approximate surface area is 131 Å². The van der Waals surface area contributed by atoms with Crippen molar-refractivity contribution in [3.63, 3.8) is 0 Å². The summed E-state index contributed by atoms with van der Waals surface area (Å²) in [6.07, 6.45) is 0.584. The van der Waals surface area contributed by atoms with E-state index in [1.807, 2.05) is 6.07 Å². The predicted octanol–water partition coefficient (Wildman–Crippen LogP) is 2.02. The van der Waals surface area contributed by atoms with Crippen molar-refractivity contribution in [1.82, 2.24) is 15.5 Å². The Bertz CT molecular complexity index is 823. The topological polar surface area (TPSA) is 97.2 Å². The molecule has 2 N–H and O–H groups in total. The Hall–Kier alpha value is -3.09. The van der Waals surface area contributed by atoms with Crippen LogP contribution >= 0.6 is 0 Å². The van der Waals surface area contributed by atoms with Crippen LogP contribution in [0.1, 0.15) is 23.2 Å². The molecule has 7 heteroatoms. The molecule has 0 spiro atoms. The summed E-state index contributed by atoms with van der Waals surface area (Å²) >= 11 is 0. The predicted molar refractivity (Wildman–Crippen MR) is 81.5 cm³/mol. The van der Waals surface area contributed by atoms with Crippen LogP contribution in [-0.4, -0.2) is 28.2 Å². The lowest BCUT2D eigenvalue weighted by Crippen LogP contribution is -2.35. The van der Waals surface area contributed by atoms with E-state index in [2.05, 4.69) is 15.5 Å². The number of benzene rings is 1. The Morgan fingerprint density at radius 3 is 2.91 bits per heavy atom. The molecule has 7 nitrogen and oxygen atoms in total. The van der Waals surface area contributed by atoms with Crippen LogP contribution in [0.15, 0.2) is 47.1 Å². The van der Waals surface area contributed by atoms with E-state index >= 15 is 0 Å². The molecule has 1 aromatic carbocycles. The van der Waals surface area contributed by atoms with E-state index in [-0.39, 0.29) is 12.2 Å². The number of ether oxygens (including phenoxy) is 1. The van der Waals surface area contributed by atoms with Gasteiger partial charge in [0.05, 0.1) is 18.3 Å². The summed E-state index contributed by atoms with van der Waals surface area (Å²) in [4.78, 5) is 24.1. The van der Waals surface area contributed by atoms with Gasteiger partial charge in [-0.2, -0.15) is 5.10 Å². The van der Waals surface area contributed by atoms with Gasteiger partial charge in [-0.25, -0.2) is 4.79 Å². The molecule has 1 atom stereocenters. The highest BCUT2D eigenvalue weighted by Crippen LogP contribution is 2.16. The third-order valence-electron chi connectivity index (χ3n) is 3.33. The molecule has 3 aromatic rings. The van der Waals surface area contributed by atoms with E-state index in [0.717, 1.165) is 5.52 Å². The molecule has 0 aliphatic heterocycles. The van der Waals surface area contributed by atoms with E-state index < -0.39 is 18.0 Å². The number of esters is 1. The third-order valence-corrected chi connectivity index (χ3v) is 3.33. The second-order valence-electron chi connectivity index (χ2n) is 4.96. The molecule has 1 amide bonds. The molecule has 0 aliphatic rings. The molecule has 2 heterocycles. The van der Waals surface area contributed by atoms with Gasteiger partial charge in [-0.15, -0.1) is 0 Å².